The Balaban J connectivity index is 2.75. The topological polar surface area (TPSA) is 70.3 Å². The van der Waals surface area contributed by atoms with Gasteiger partial charge in [-0.1, -0.05) is 0 Å². The summed E-state index contributed by atoms with van der Waals surface area (Å²) in [6.45, 7) is 1.53. The maximum atomic E-state index is 13.3. The Morgan fingerprint density at radius 2 is 2.38 bits per heavy atom. The van der Waals surface area contributed by atoms with Crippen LogP contribution in [0.25, 0.3) is 0 Å². The van der Waals surface area contributed by atoms with E-state index in [9.17, 15) is 9.18 Å². The Labute approximate surface area is 91.9 Å². The van der Waals surface area contributed by atoms with Crippen LogP contribution in [0.15, 0.2) is 18.2 Å². The Kier molecular flexibility index (Phi) is 3.84. The van der Waals surface area contributed by atoms with E-state index in [0.29, 0.717) is 0 Å². The van der Waals surface area contributed by atoms with E-state index in [4.69, 9.17) is 15.1 Å². The van der Waals surface area contributed by atoms with Gasteiger partial charge in [-0.3, -0.25) is 4.79 Å². The van der Waals surface area contributed by atoms with Crippen LogP contribution in [0.3, 0.4) is 0 Å². The molecule has 1 atom stereocenters. The molecule has 0 aliphatic rings. The smallest absolute Gasteiger partial charge is 0.307 e. The van der Waals surface area contributed by atoms with E-state index in [1.54, 1.807) is 6.07 Å². The molecule has 84 valence electrons. The third-order valence-electron chi connectivity index (χ3n) is 1.85. The molecule has 0 bridgehead atoms. The van der Waals surface area contributed by atoms with Crippen molar-refractivity contribution < 1.29 is 19.0 Å². The standard InChI is InChI=1S/C11H10FNO3/c1-7(4-11(14)15)16-10-3-2-8(6-13)5-9(10)12/h2-3,5,7H,4H2,1H3,(H,14,15)/t7-/m1/s1. The van der Waals surface area contributed by atoms with Crippen LogP contribution in [0.5, 0.6) is 5.75 Å². The average Bonchev–Trinajstić information content (AvgIpc) is 2.19. The minimum Gasteiger partial charge on any atom is -0.487 e. The van der Waals surface area contributed by atoms with Gasteiger partial charge in [-0.05, 0) is 25.1 Å². The molecular formula is C11H10FNO3. The number of ether oxygens (including phenoxy) is 1. The van der Waals surface area contributed by atoms with Crippen molar-refractivity contribution in [3.63, 3.8) is 0 Å². The molecule has 0 aromatic heterocycles. The van der Waals surface area contributed by atoms with E-state index in [2.05, 4.69) is 0 Å². The summed E-state index contributed by atoms with van der Waals surface area (Å²) in [7, 11) is 0. The molecule has 0 radical (unpaired) electrons. The fourth-order valence-electron chi connectivity index (χ4n) is 1.17. The molecule has 0 fully saturated rings. The zero-order chi connectivity index (χ0) is 12.1. The molecule has 5 heteroatoms. The van der Waals surface area contributed by atoms with E-state index in [1.807, 2.05) is 0 Å². The highest BCUT2D eigenvalue weighted by Crippen LogP contribution is 2.19. The third-order valence-corrected chi connectivity index (χ3v) is 1.85. The number of nitriles is 1. The number of benzene rings is 1. The van der Waals surface area contributed by atoms with Gasteiger partial charge in [0.15, 0.2) is 11.6 Å². The highest BCUT2D eigenvalue weighted by molar-refractivity contribution is 5.67. The monoisotopic (exact) mass is 223 g/mol. The highest BCUT2D eigenvalue weighted by atomic mass is 19.1. The second kappa shape index (κ2) is 5.12. The molecule has 0 spiro atoms. The molecule has 0 aliphatic carbocycles. The molecule has 0 saturated carbocycles. The molecule has 0 saturated heterocycles. The van der Waals surface area contributed by atoms with Crippen LogP contribution in [0.1, 0.15) is 18.9 Å². The number of hydrogen-bond donors (Lipinski definition) is 1. The molecule has 1 rings (SSSR count). The van der Waals surface area contributed by atoms with E-state index in [0.717, 1.165) is 6.07 Å². The van der Waals surface area contributed by atoms with Crippen molar-refractivity contribution in [3.8, 4) is 11.8 Å². The largest absolute Gasteiger partial charge is 0.487 e. The van der Waals surface area contributed by atoms with Crippen molar-refractivity contribution in [2.75, 3.05) is 0 Å². The van der Waals surface area contributed by atoms with Crippen LogP contribution < -0.4 is 4.74 Å². The fourth-order valence-corrected chi connectivity index (χ4v) is 1.17. The Morgan fingerprint density at radius 3 is 2.88 bits per heavy atom. The van der Waals surface area contributed by atoms with Gasteiger partial charge in [0.2, 0.25) is 0 Å². The van der Waals surface area contributed by atoms with Gasteiger partial charge in [0, 0.05) is 0 Å². The molecule has 0 amide bonds. The normalized spacial score (nSPS) is 11.6. The first kappa shape index (κ1) is 12.0. The average molecular weight is 223 g/mol. The number of halogens is 1. The van der Waals surface area contributed by atoms with E-state index >= 15 is 0 Å². The van der Waals surface area contributed by atoms with Crippen molar-refractivity contribution >= 4 is 5.97 Å². The molecule has 1 N–H and O–H groups in total. The van der Waals surface area contributed by atoms with Crippen molar-refractivity contribution in [1.29, 1.82) is 5.26 Å². The second-order valence-corrected chi connectivity index (χ2v) is 3.28. The summed E-state index contributed by atoms with van der Waals surface area (Å²) < 4.78 is 18.4. The molecule has 1 aromatic rings. The molecule has 0 heterocycles. The first-order chi connectivity index (χ1) is 7.52. The summed E-state index contributed by atoms with van der Waals surface area (Å²) >= 11 is 0. The maximum absolute atomic E-state index is 13.3. The first-order valence-electron chi connectivity index (χ1n) is 4.61. The maximum Gasteiger partial charge on any atom is 0.307 e. The van der Waals surface area contributed by atoms with Gasteiger partial charge >= 0.3 is 5.97 Å². The lowest BCUT2D eigenvalue weighted by atomic mass is 10.2. The van der Waals surface area contributed by atoms with Crippen LogP contribution >= 0.6 is 0 Å². The highest BCUT2D eigenvalue weighted by Gasteiger charge is 2.12. The van der Waals surface area contributed by atoms with Crippen molar-refractivity contribution in [2.45, 2.75) is 19.4 Å². The molecule has 0 aliphatic heterocycles. The van der Waals surface area contributed by atoms with Crippen LogP contribution in [0.4, 0.5) is 4.39 Å². The summed E-state index contributed by atoms with van der Waals surface area (Å²) in [5.74, 6) is -1.73. The van der Waals surface area contributed by atoms with Crippen LogP contribution in [-0.2, 0) is 4.79 Å². The molecule has 1 aromatic carbocycles. The molecular weight excluding hydrogens is 213 g/mol. The van der Waals surface area contributed by atoms with E-state index in [-0.39, 0.29) is 17.7 Å². The SMILES string of the molecule is C[C@H](CC(=O)O)Oc1ccc(C#N)cc1F. The quantitative estimate of drug-likeness (QED) is 0.846. The summed E-state index contributed by atoms with van der Waals surface area (Å²) in [6.07, 6.45) is -0.834. The fraction of sp³-hybridized carbons (Fsp3) is 0.273. The van der Waals surface area contributed by atoms with Crippen LogP contribution in [0.2, 0.25) is 0 Å². The minimum absolute atomic E-state index is 0.0484. The molecule has 16 heavy (non-hydrogen) atoms. The van der Waals surface area contributed by atoms with Gasteiger partial charge in [-0.15, -0.1) is 0 Å². The number of aliphatic carboxylic acids is 1. The predicted molar refractivity (Wildman–Crippen MR) is 53.5 cm³/mol. The zero-order valence-corrected chi connectivity index (χ0v) is 8.61. The van der Waals surface area contributed by atoms with Crippen LogP contribution in [-0.4, -0.2) is 17.2 Å². The van der Waals surface area contributed by atoms with Crippen molar-refractivity contribution in [2.24, 2.45) is 0 Å². The van der Waals surface area contributed by atoms with E-state index in [1.165, 1.54) is 19.1 Å². The van der Waals surface area contributed by atoms with Gasteiger partial charge in [0.05, 0.1) is 18.1 Å². The van der Waals surface area contributed by atoms with Gasteiger partial charge < -0.3 is 9.84 Å². The summed E-state index contributed by atoms with van der Waals surface area (Å²) in [5.41, 5.74) is 0.190. The van der Waals surface area contributed by atoms with Crippen molar-refractivity contribution in [1.82, 2.24) is 0 Å². The lowest BCUT2D eigenvalue weighted by Crippen LogP contribution is -2.17. The van der Waals surface area contributed by atoms with Gasteiger partial charge in [-0.25, -0.2) is 4.39 Å². The summed E-state index contributed by atoms with van der Waals surface area (Å²) in [5, 5.41) is 17.0. The van der Waals surface area contributed by atoms with Gasteiger partial charge in [0.25, 0.3) is 0 Å². The summed E-state index contributed by atoms with van der Waals surface area (Å²) in [6, 6.07) is 5.56. The Hall–Kier alpha value is -2.09. The second-order valence-electron chi connectivity index (χ2n) is 3.28. The minimum atomic E-state index is -1.01. The number of carbonyl (C=O) groups is 1. The van der Waals surface area contributed by atoms with Crippen LogP contribution in [0, 0.1) is 17.1 Å². The lowest BCUT2D eigenvalue weighted by Gasteiger charge is -2.13. The lowest BCUT2D eigenvalue weighted by molar-refractivity contribution is -0.138. The summed E-state index contributed by atoms with van der Waals surface area (Å²) in [4.78, 5) is 10.4. The Bertz CT molecular complexity index is 439. The molecule has 4 nitrogen and oxygen atoms in total. The number of carboxylic acids is 1. The third kappa shape index (κ3) is 3.24. The van der Waals surface area contributed by atoms with E-state index < -0.39 is 17.9 Å². The number of hydrogen-bond acceptors (Lipinski definition) is 3. The van der Waals surface area contributed by atoms with Gasteiger partial charge in [0.1, 0.15) is 6.10 Å². The number of rotatable bonds is 4. The zero-order valence-electron chi connectivity index (χ0n) is 8.61. The number of carboxylic acid groups (broad SMARTS) is 1. The predicted octanol–water partition coefficient (Wildman–Crippen LogP) is 1.94. The number of nitrogens with zero attached hydrogens (tertiary/aromatic N) is 1. The van der Waals surface area contributed by atoms with Crippen molar-refractivity contribution in [3.05, 3.63) is 29.6 Å². The molecule has 0 unspecified atom stereocenters. The van der Waals surface area contributed by atoms with Gasteiger partial charge in [-0.2, -0.15) is 5.26 Å². The first-order valence-corrected chi connectivity index (χ1v) is 4.61. The Morgan fingerprint density at radius 1 is 1.69 bits per heavy atom.